The predicted octanol–water partition coefficient (Wildman–Crippen LogP) is 1.52. The molecule has 0 N–H and O–H groups in total. The molecule has 1 rings (SSSR count). The van der Waals surface area contributed by atoms with Gasteiger partial charge in [0.2, 0.25) is 0 Å². The summed E-state index contributed by atoms with van der Waals surface area (Å²) in [5.41, 5.74) is 0. The number of rotatable bonds is 0. The third-order valence-electron chi connectivity index (χ3n) is 1.37. The molecule has 0 aromatic heterocycles. The fourth-order valence-corrected chi connectivity index (χ4v) is 1.19. The molecule has 1 nitrogen and oxygen atoms in total. The molecule has 8 heavy (non-hydrogen) atoms. The number of alkyl halides is 2. The van der Waals surface area contributed by atoms with Gasteiger partial charge in [0.15, 0.2) is 0 Å². The molecule has 1 radical (unpaired) electrons. The fourth-order valence-electron chi connectivity index (χ4n) is 0.892. The first-order valence-corrected chi connectivity index (χ1v) is 3.07. The van der Waals surface area contributed by atoms with Gasteiger partial charge in [-0.05, 0) is 6.42 Å². The van der Waals surface area contributed by atoms with Crippen LogP contribution in [0.25, 0.3) is 0 Å². The largest absolute Gasteiger partial charge is 0.247 e. The second kappa shape index (κ2) is 2.19. The van der Waals surface area contributed by atoms with E-state index >= 15 is 0 Å². The highest BCUT2D eigenvalue weighted by atomic mass is 35.5. The summed E-state index contributed by atoms with van der Waals surface area (Å²) < 4.78 is 12.1. The summed E-state index contributed by atoms with van der Waals surface area (Å²) in [5.74, 6) is 0. The van der Waals surface area contributed by atoms with E-state index in [1.807, 2.05) is 0 Å². The molecule has 1 aliphatic carbocycles. The fraction of sp³-hybridized carbons (Fsp3) is 1.00. The van der Waals surface area contributed by atoms with Gasteiger partial charge in [-0.25, -0.2) is 9.50 Å². The van der Waals surface area contributed by atoms with Crippen LogP contribution in [0.2, 0.25) is 0 Å². The minimum atomic E-state index is -0.944. The molecule has 0 spiro atoms. The van der Waals surface area contributed by atoms with Gasteiger partial charge < -0.3 is 0 Å². The first-order valence-electron chi connectivity index (χ1n) is 2.64. The summed E-state index contributed by atoms with van der Waals surface area (Å²) in [5, 5.41) is 10.0. The molecule has 0 heterocycles. The van der Waals surface area contributed by atoms with Crippen molar-refractivity contribution in [3.63, 3.8) is 0 Å². The summed E-state index contributed by atoms with van der Waals surface area (Å²) in [6.45, 7) is 0. The average Bonchev–Trinajstić information content (AvgIpc) is 1.85. The molecule has 3 atom stereocenters. The molecule has 1 aliphatic rings. The van der Waals surface area contributed by atoms with Crippen LogP contribution in [0.4, 0.5) is 4.39 Å². The van der Waals surface area contributed by atoms with Gasteiger partial charge in [-0.1, -0.05) is 0 Å². The molecule has 0 aromatic carbocycles. The number of halogens is 2. The summed E-state index contributed by atoms with van der Waals surface area (Å²) in [4.78, 5) is 0. The molecule has 0 bridgehead atoms. The first kappa shape index (κ1) is 6.30. The first-order chi connectivity index (χ1) is 3.70. The van der Waals surface area contributed by atoms with Crippen molar-refractivity contribution in [2.45, 2.75) is 30.5 Å². The molecule has 3 unspecified atom stereocenters. The summed E-state index contributed by atoms with van der Waals surface area (Å²) >= 11 is 5.41. The van der Waals surface area contributed by atoms with E-state index in [-0.39, 0.29) is 12.8 Å². The minimum Gasteiger partial charge on any atom is -0.247 e. The summed E-state index contributed by atoms with van der Waals surface area (Å²) in [6.07, 6.45) is -1.46. The molecule has 1 saturated carbocycles. The van der Waals surface area contributed by atoms with Crippen LogP contribution in [0.1, 0.15) is 12.8 Å². The smallest absolute Gasteiger partial charge is 0.112 e. The van der Waals surface area contributed by atoms with Crippen LogP contribution in [-0.4, -0.2) is 17.7 Å². The maximum Gasteiger partial charge on any atom is 0.112 e. The van der Waals surface area contributed by atoms with Crippen molar-refractivity contribution in [1.29, 1.82) is 0 Å². The zero-order valence-corrected chi connectivity index (χ0v) is 5.07. The van der Waals surface area contributed by atoms with Gasteiger partial charge in [-0.2, -0.15) is 0 Å². The van der Waals surface area contributed by atoms with E-state index in [2.05, 4.69) is 0 Å². The highest BCUT2D eigenvalue weighted by molar-refractivity contribution is 6.21. The van der Waals surface area contributed by atoms with Crippen molar-refractivity contribution in [3.8, 4) is 0 Å². The number of hydrogen-bond acceptors (Lipinski definition) is 0. The van der Waals surface area contributed by atoms with E-state index in [1.54, 1.807) is 0 Å². The molecule has 47 valence electrons. The lowest BCUT2D eigenvalue weighted by Gasteiger charge is -1.97. The standard InChI is InChI=1S/C5H7ClFO/c6-4-1-3(7)2-5(4)8/h3-5H,1-2H2. The lowest BCUT2D eigenvalue weighted by Crippen LogP contribution is -2.09. The maximum absolute atomic E-state index is 12.1. The second-order valence-corrected chi connectivity index (χ2v) is 2.68. The predicted molar refractivity (Wildman–Crippen MR) is 28.2 cm³/mol. The number of hydrogen-bond donors (Lipinski definition) is 0. The molecule has 3 heteroatoms. The zero-order valence-electron chi connectivity index (χ0n) is 4.31. The average molecular weight is 138 g/mol. The van der Waals surface area contributed by atoms with Crippen molar-refractivity contribution < 1.29 is 9.50 Å². The van der Waals surface area contributed by atoms with E-state index in [9.17, 15) is 9.50 Å². The Labute approximate surface area is 52.5 Å². The topological polar surface area (TPSA) is 19.9 Å². The van der Waals surface area contributed by atoms with Gasteiger partial charge in [0.1, 0.15) is 12.3 Å². The van der Waals surface area contributed by atoms with Gasteiger partial charge >= 0.3 is 0 Å². The molecular weight excluding hydrogens is 131 g/mol. The highest BCUT2D eigenvalue weighted by Crippen LogP contribution is 2.26. The van der Waals surface area contributed by atoms with Crippen LogP contribution in [0.15, 0.2) is 0 Å². The monoisotopic (exact) mass is 137 g/mol. The third-order valence-corrected chi connectivity index (χ3v) is 1.83. The Morgan fingerprint density at radius 2 is 2.12 bits per heavy atom. The van der Waals surface area contributed by atoms with E-state index in [4.69, 9.17) is 11.6 Å². The Morgan fingerprint density at radius 3 is 2.25 bits per heavy atom. The Kier molecular flexibility index (Phi) is 1.73. The van der Waals surface area contributed by atoms with Crippen molar-refractivity contribution in [2.24, 2.45) is 0 Å². The maximum atomic E-state index is 12.1. The van der Waals surface area contributed by atoms with Crippen molar-refractivity contribution in [1.82, 2.24) is 0 Å². The summed E-state index contributed by atoms with van der Waals surface area (Å²) in [7, 11) is 0. The van der Waals surface area contributed by atoms with E-state index in [0.29, 0.717) is 0 Å². The van der Waals surface area contributed by atoms with Crippen LogP contribution in [0, 0.1) is 0 Å². The van der Waals surface area contributed by atoms with E-state index in [0.717, 1.165) is 0 Å². The molecule has 0 saturated heterocycles. The van der Waals surface area contributed by atoms with Gasteiger partial charge in [0.05, 0.1) is 5.38 Å². The van der Waals surface area contributed by atoms with Gasteiger partial charge in [0.25, 0.3) is 0 Å². The quantitative estimate of drug-likeness (QED) is 0.452. The lowest BCUT2D eigenvalue weighted by molar-refractivity contribution is 0.0914. The van der Waals surface area contributed by atoms with Gasteiger partial charge in [-0.15, -0.1) is 11.6 Å². The highest BCUT2D eigenvalue weighted by Gasteiger charge is 2.32. The Balaban J connectivity index is 2.39. The Morgan fingerprint density at radius 1 is 1.50 bits per heavy atom. The van der Waals surface area contributed by atoms with Crippen LogP contribution < -0.4 is 0 Å². The molecule has 1 fully saturated rings. The van der Waals surface area contributed by atoms with Gasteiger partial charge in [-0.3, -0.25) is 0 Å². The van der Waals surface area contributed by atoms with Crippen molar-refractivity contribution >= 4 is 11.6 Å². The molecular formula is C5H7ClFO. The Bertz CT molecular complexity index is 78.5. The minimum absolute atomic E-state index is 0.105. The zero-order chi connectivity index (χ0) is 6.15. The lowest BCUT2D eigenvalue weighted by atomic mass is 10.3. The SMILES string of the molecule is [O]C1CC(F)CC1Cl. The molecule has 0 amide bonds. The van der Waals surface area contributed by atoms with Crippen molar-refractivity contribution in [2.75, 3.05) is 0 Å². The van der Waals surface area contributed by atoms with E-state index < -0.39 is 17.7 Å². The molecule has 0 aromatic rings. The summed E-state index contributed by atoms with van der Waals surface area (Å²) in [6, 6.07) is 0. The normalized spacial score (nSPS) is 47.6. The molecule has 0 aliphatic heterocycles. The van der Waals surface area contributed by atoms with E-state index in [1.165, 1.54) is 0 Å². The van der Waals surface area contributed by atoms with Crippen LogP contribution in [0.5, 0.6) is 0 Å². The Hall–Kier alpha value is 0.180. The second-order valence-electron chi connectivity index (χ2n) is 2.12. The van der Waals surface area contributed by atoms with Gasteiger partial charge in [0, 0.05) is 6.42 Å². The van der Waals surface area contributed by atoms with Crippen molar-refractivity contribution in [3.05, 3.63) is 0 Å². The van der Waals surface area contributed by atoms with Crippen LogP contribution >= 0.6 is 11.6 Å². The third kappa shape index (κ3) is 1.12. The van der Waals surface area contributed by atoms with Crippen LogP contribution in [0.3, 0.4) is 0 Å². The van der Waals surface area contributed by atoms with Crippen LogP contribution in [-0.2, 0) is 5.11 Å².